The number of rotatable bonds is 3. The molecule has 1 fully saturated rings. The summed E-state index contributed by atoms with van der Waals surface area (Å²) in [6.07, 6.45) is -0.839. The van der Waals surface area contributed by atoms with Gasteiger partial charge in [0.15, 0.2) is 0 Å². The van der Waals surface area contributed by atoms with Gasteiger partial charge in [-0.05, 0) is 6.92 Å². The van der Waals surface area contributed by atoms with Crippen LogP contribution in [0.5, 0.6) is 0 Å². The molecule has 5 nitrogen and oxygen atoms in total. The predicted molar refractivity (Wildman–Crippen MR) is 50.9 cm³/mol. The molecule has 15 heavy (non-hydrogen) atoms. The van der Waals surface area contributed by atoms with Crippen molar-refractivity contribution in [2.24, 2.45) is 0 Å². The average molecular weight is 218 g/mol. The van der Waals surface area contributed by atoms with E-state index in [-0.39, 0.29) is 18.9 Å². The van der Waals surface area contributed by atoms with E-state index in [1.807, 2.05) is 0 Å². The van der Waals surface area contributed by atoms with Gasteiger partial charge in [-0.15, -0.1) is 0 Å². The summed E-state index contributed by atoms with van der Waals surface area (Å²) < 4.78 is 17.2. The molecular formula is C9H15FN2O3. The number of hydrogen-bond donors (Lipinski definition) is 2. The number of amides is 1. The van der Waals surface area contributed by atoms with Gasteiger partial charge >= 0.3 is 5.97 Å². The molecule has 0 aromatic rings. The zero-order valence-electron chi connectivity index (χ0n) is 8.75. The zero-order chi connectivity index (χ0) is 11.4. The Morgan fingerprint density at radius 3 is 2.73 bits per heavy atom. The normalized spacial score (nSPS) is 27.1. The lowest BCUT2D eigenvalue weighted by Gasteiger charge is -2.15. The van der Waals surface area contributed by atoms with E-state index in [1.54, 1.807) is 0 Å². The van der Waals surface area contributed by atoms with Gasteiger partial charge in [-0.2, -0.15) is 0 Å². The van der Waals surface area contributed by atoms with E-state index < -0.39 is 24.2 Å². The van der Waals surface area contributed by atoms with Crippen LogP contribution in [-0.2, 0) is 14.3 Å². The van der Waals surface area contributed by atoms with Crippen molar-refractivity contribution < 1.29 is 18.7 Å². The number of halogens is 1. The molecule has 86 valence electrons. The highest BCUT2D eigenvalue weighted by molar-refractivity contribution is 5.87. The van der Waals surface area contributed by atoms with Gasteiger partial charge in [0.05, 0.1) is 13.2 Å². The highest BCUT2D eigenvalue weighted by Gasteiger charge is 2.30. The first-order valence-corrected chi connectivity index (χ1v) is 4.80. The highest BCUT2D eigenvalue weighted by atomic mass is 19.1. The molecule has 0 bridgehead atoms. The third-order valence-corrected chi connectivity index (χ3v) is 2.31. The molecule has 1 heterocycles. The standard InChI is InChI=1S/C9H15FN2O3/c1-5(9(14)15-2)12-8(13)7-3-6(10)4-11-7/h5-7,11H,3-4H2,1-2H3,(H,12,13)/t5-,6-,7+/m0/s1. The van der Waals surface area contributed by atoms with Crippen LogP contribution in [0.2, 0.25) is 0 Å². The summed E-state index contributed by atoms with van der Waals surface area (Å²) in [5, 5.41) is 5.18. The molecule has 3 atom stereocenters. The summed E-state index contributed by atoms with van der Waals surface area (Å²) in [7, 11) is 1.25. The van der Waals surface area contributed by atoms with E-state index in [9.17, 15) is 14.0 Å². The van der Waals surface area contributed by atoms with Crippen LogP contribution in [0.3, 0.4) is 0 Å². The highest BCUT2D eigenvalue weighted by Crippen LogP contribution is 2.09. The SMILES string of the molecule is COC(=O)[C@H](C)NC(=O)[C@H]1C[C@H](F)CN1. The van der Waals surface area contributed by atoms with Crippen molar-refractivity contribution in [3.05, 3.63) is 0 Å². The number of carbonyl (C=O) groups is 2. The van der Waals surface area contributed by atoms with E-state index in [0.717, 1.165) is 0 Å². The third-order valence-electron chi connectivity index (χ3n) is 2.31. The lowest BCUT2D eigenvalue weighted by atomic mass is 10.2. The molecular weight excluding hydrogens is 203 g/mol. The minimum absolute atomic E-state index is 0.153. The second-order valence-corrected chi connectivity index (χ2v) is 3.55. The number of methoxy groups -OCH3 is 1. The summed E-state index contributed by atoms with van der Waals surface area (Å²) in [4.78, 5) is 22.5. The summed E-state index contributed by atoms with van der Waals surface area (Å²) in [5.74, 6) is -0.883. The summed E-state index contributed by atoms with van der Waals surface area (Å²) >= 11 is 0. The number of ether oxygens (including phenoxy) is 1. The summed E-state index contributed by atoms with van der Waals surface area (Å²) in [5.41, 5.74) is 0. The third kappa shape index (κ3) is 3.16. The van der Waals surface area contributed by atoms with Gasteiger partial charge in [0.25, 0.3) is 0 Å². The van der Waals surface area contributed by atoms with Crippen molar-refractivity contribution in [3.63, 3.8) is 0 Å². The Morgan fingerprint density at radius 2 is 2.27 bits per heavy atom. The summed E-state index contributed by atoms with van der Waals surface area (Å²) in [6, 6.07) is -1.25. The molecule has 2 N–H and O–H groups in total. The van der Waals surface area contributed by atoms with Crippen molar-refractivity contribution in [2.75, 3.05) is 13.7 Å². The first-order valence-electron chi connectivity index (χ1n) is 4.80. The summed E-state index contributed by atoms with van der Waals surface area (Å²) in [6.45, 7) is 1.70. The van der Waals surface area contributed by atoms with Crippen molar-refractivity contribution >= 4 is 11.9 Å². The van der Waals surface area contributed by atoms with Crippen LogP contribution in [0.15, 0.2) is 0 Å². The van der Waals surface area contributed by atoms with Crippen LogP contribution in [0.4, 0.5) is 4.39 Å². The number of carbonyl (C=O) groups excluding carboxylic acids is 2. The van der Waals surface area contributed by atoms with Crippen molar-refractivity contribution in [2.45, 2.75) is 31.6 Å². The molecule has 0 spiro atoms. The Hall–Kier alpha value is -1.17. The van der Waals surface area contributed by atoms with E-state index in [4.69, 9.17) is 0 Å². The Morgan fingerprint density at radius 1 is 1.60 bits per heavy atom. The molecule has 1 rings (SSSR count). The van der Waals surface area contributed by atoms with E-state index in [0.29, 0.717) is 0 Å². The van der Waals surface area contributed by atoms with Crippen LogP contribution < -0.4 is 10.6 Å². The van der Waals surface area contributed by atoms with Gasteiger partial charge in [0.1, 0.15) is 12.2 Å². The van der Waals surface area contributed by atoms with Crippen LogP contribution in [0.25, 0.3) is 0 Å². The Kier molecular flexibility index (Phi) is 4.02. The Balaban J connectivity index is 2.38. The fraction of sp³-hybridized carbons (Fsp3) is 0.778. The maximum absolute atomic E-state index is 12.8. The topological polar surface area (TPSA) is 67.4 Å². The number of hydrogen-bond acceptors (Lipinski definition) is 4. The van der Waals surface area contributed by atoms with Crippen LogP contribution in [-0.4, -0.2) is 43.8 Å². The van der Waals surface area contributed by atoms with E-state index in [1.165, 1.54) is 14.0 Å². The minimum Gasteiger partial charge on any atom is -0.467 e. The maximum atomic E-state index is 12.8. The lowest BCUT2D eigenvalue weighted by molar-refractivity contribution is -0.144. The second-order valence-electron chi connectivity index (χ2n) is 3.55. The van der Waals surface area contributed by atoms with Gasteiger partial charge in [-0.25, -0.2) is 9.18 Å². The molecule has 0 aromatic heterocycles. The van der Waals surface area contributed by atoms with Crippen LogP contribution >= 0.6 is 0 Å². The molecule has 0 saturated carbocycles. The molecule has 1 amide bonds. The van der Waals surface area contributed by atoms with Crippen molar-refractivity contribution in [3.8, 4) is 0 Å². The zero-order valence-corrected chi connectivity index (χ0v) is 8.75. The first kappa shape index (κ1) is 11.9. The maximum Gasteiger partial charge on any atom is 0.328 e. The molecule has 1 aliphatic heterocycles. The number of alkyl halides is 1. The van der Waals surface area contributed by atoms with Gasteiger partial charge < -0.3 is 15.4 Å². The van der Waals surface area contributed by atoms with Gasteiger partial charge in [-0.1, -0.05) is 0 Å². The van der Waals surface area contributed by atoms with Gasteiger partial charge in [0.2, 0.25) is 5.91 Å². The Labute approximate surface area is 87.4 Å². The fourth-order valence-electron chi connectivity index (χ4n) is 1.44. The molecule has 1 aliphatic rings. The monoisotopic (exact) mass is 218 g/mol. The van der Waals surface area contributed by atoms with Crippen LogP contribution in [0, 0.1) is 0 Å². The largest absolute Gasteiger partial charge is 0.467 e. The Bertz CT molecular complexity index is 260. The van der Waals surface area contributed by atoms with Gasteiger partial charge in [0, 0.05) is 13.0 Å². The quantitative estimate of drug-likeness (QED) is 0.619. The predicted octanol–water partition coefficient (Wildman–Crippen LogP) is -0.636. The van der Waals surface area contributed by atoms with Crippen LogP contribution in [0.1, 0.15) is 13.3 Å². The van der Waals surface area contributed by atoms with Crippen molar-refractivity contribution in [1.82, 2.24) is 10.6 Å². The lowest BCUT2D eigenvalue weighted by Crippen LogP contribution is -2.47. The van der Waals surface area contributed by atoms with Crippen molar-refractivity contribution in [1.29, 1.82) is 0 Å². The molecule has 6 heteroatoms. The first-order chi connectivity index (χ1) is 7.04. The van der Waals surface area contributed by atoms with Gasteiger partial charge in [-0.3, -0.25) is 4.79 Å². The molecule has 0 unspecified atom stereocenters. The average Bonchev–Trinajstić information content (AvgIpc) is 2.63. The molecule has 1 saturated heterocycles. The minimum atomic E-state index is -0.991. The molecule has 0 aromatic carbocycles. The molecule has 0 aliphatic carbocycles. The van der Waals surface area contributed by atoms with E-state index in [2.05, 4.69) is 15.4 Å². The second kappa shape index (κ2) is 5.06. The molecule has 0 radical (unpaired) electrons. The van der Waals surface area contributed by atoms with E-state index >= 15 is 0 Å². The number of esters is 1. The smallest absolute Gasteiger partial charge is 0.328 e. The fourth-order valence-corrected chi connectivity index (χ4v) is 1.44. The number of nitrogens with one attached hydrogen (secondary N) is 2.